The van der Waals surface area contributed by atoms with E-state index in [1.807, 2.05) is 35.2 Å². The van der Waals surface area contributed by atoms with Crippen molar-refractivity contribution in [1.29, 1.82) is 0 Å². The van der Waals surface area contributed by atoms with Gasteiger partial charge in [-0.25, -0.2) is 0 Å². The van der Waals surface area contributed by atoms with Gasteiger partial charge in [-0.1, -0.05) is 0 Å². The Hall–Kier alpha value is -3.46. The average Bonchev–Trinajstić information content (AvgIpc) is 3.37. The van der Waals surface area contributed by atoms with Gasteiger partial charge in [-0.2, -0.15) is 0 Å². The van der Waals surface area contributed by atoms with E-state index in [0.29, 0.717) is 36.1 Å². The van der Waals surface area contributed by atoms with Crippen molar-refractivity contribution in [2.45, 2.75) is 25.4 Å². The predicted molar refractivity (Wildman–Crippen MR) is 130 cm³/mol. The first-order valence-corrected chi connectivity index (χ1v) is 11.4. The van der Waals surface area contributed by atoms with Crippen molar-refractivity contribution in [2.75, 3.05) is 55.2 Å². The number of esters is 1. The molecule has 1 unspecified atom stereocenters. The fourth-order valence-electron chi connectivity index (χ4n) is 4.40. The monoisotopic (exact) mass is 486 g/mol. The Morgan fingerprint density at radius 2 is 1.57 bits per heavy atom. The zero-order chi connectivity index (χ0) is 25.4. The van der Waals surface area contributed by atoms with E-state index in [9.17, 15) is 9.59 Å². The molecular weight excluding hydrogens is 452 g/mol. The van der Waals surface area contributed by atoms with Gasteiger partial charge in [-0.05, 0) is 48.7 Å². The van der Waals surface area contributed by atoms with E-state index in [4.69, 9.17) is 23.7 Å². The molecule has 0 radical (unpaired) electrons. The van der Waals surface area contributed by atoms with Gasteiger partial charge < -0.3 is 28.6 Å². The maximum Gasteiger partial charge on any atom is 0.319 e. The lowest BCUT2D eigenvalue weighted by Gasteiger charge is -2.29. The van der Waals surface area contributed by atoms with Gasteiger partial charge in [0.2, 0.25) is 5.91 Å². The fraction of sp³-hybridized carbons (Fsp3) is 0.462. The third-order valence-corrected chi connectivity index (χ3v) is 6.13. The number of hydrogen-bond donors (Lipinski definition) is 0. The second-order valence-electron chi connectivity index (χ2n) is 8.30. The Kier molecular flexibility index (Phi) is 9.19. The molecule has 1 fully saturated rings. The molecule has 35 heavy (non-hydrogen) atoms. The van der Waals surface area contributed by atoms with Gasteiger partial charge in [0.25, 0.3) is 0 Å². The minimum atomic E-state index is -0.417. The Balaban J connectivity index is 1.82. The van der Waals surface area contributed by atoms with Crippen LogP contribution in [0.3, 0.4) is 0 Å². The molecule has 9 nitrogen and oxygen atoms in total. The summed E-state index contributed by atoms with van der Waals surface area (Å²) in [7, 11) is 7.72. The summed E-state index contributed by atoms with van der Waals surface area (Å²) < 4.78 is 26.6. The van der Waals surface area contributed by atoms with Gasteiger partial charge in [0.1, 0.15) is 23.0 Å². The Bertz CT molecular complexity index is 1000. The smallest absolute Gasteiger partial charge is 0.319 e. The first-order chi connectivity index (χ1) is 16.9. The summed E-state index contributed by atoms with van der Waals surface area (Å²) in [5, 5.41) is 0. The molecule has 0 N–H and O–H groups in total. The highest BCUT2D eigenvalue weighted by molar-refractivity contribution is 5.80. The van der Waals surface area contributed by atoms with E-state index in [1.165, 1.54) is 7.11 Å². The van der Waals surface area contributed by atoms with Gasteiger partial charge in [-0.15, -0.1) is 0 Å². The molecular formula is C26H34N2O7. The van der Waals surface area contributed by atoms with Crippen molar-refractivity contribution in [3.63, 3.8) is 0 Å². The molecule has 2 aromatic rings. The summed E-state index contributed by atoms with van der Waals surface area (Å²) in [6, 6.07) is 11.0. The van der Waals surface area contributed by atoms with E-state index in [1.54, 1.807) is 39.4 Å². The van der Waals surface area contributed by atoms with Crippen LogP contribution in [0.1, 0.15) is 30.0 Å². The number of nitrogens with zero attached hydrogens (tertiary/aromatic N) is 2. The molecule has 0 spiro atoms. The number of carbonyl (C=O) groups excluding carboxylic acids is 2. The van der Waals surface area contributed by atoms with Crippen molar-refractivity contribution >= 4 is 11.9 Å². The number of methoxy groups -OCH3 is 5. The molecule has 1 heterocycles. The molecule has 1 saturated heterocycles. The topological polar surface area (TPSA) is 86.8 Å². The lowest BCUT2D eigenvalue weighted by molar-refractivity contribution is -0.143. The summed E-state index contributed by atoms with van der Waals surface area (Å²) >= 11 is 0. The molecule has 0 bridgehead atoms. The van der Waals surface area contributed by atoms with Crippen LogP contribution in [0.25, 0.3) is 0 Å². The first kappa shape index (κ1) is 26.2. The number of carbonyl (C=O) groups is 2. The quantitative estimate of drug-likeness (QED) is 0.448. The van der Waals surface area contributed by atoms with Crippen molar-refractivity contribution < 1.29 is 33.3 Å². The molecule has 0 saturated carbocycles. The summed E-state index contributed by atoms with van der Waals surface area (Å²) in [6.45, 7) is 0.998. The third kappa shape index (κ3) is 6.57. The summed E-state index contributed by atoms with van der Waals surface area (Å²) in [4.78, 5) is 29.3. The van der Waals surface area contributed by atoms with Gasteiger partial charge in [-0.3, -0.25) is 14.5 Å². The van der Waals surface area contributed by atoms with Crippen LogP contribution in [0.2, 0.25) is 0 Å². The molecule has 1 amide bonds. The highest BCUT2D eigenvalue weighted by Gasteiger charge is 2.33. The maximum absolute atomic E-state index is 13.5. The number of hydrogen-bond acceptors (Lipinski definition) is 8. The molecule has 190 valence electrons. The minimum absolute atomic E-state index is 0.0250. The number of benzene rings is 2. The second-order valence-corrected chi connectivity index (χ2v) is 8.30. The lowest BCUT2D eigenvalue weighted by Crippen LogP contribution is -2.42. The molecule has 1 aliphatic rings. The lowest BCUT2D eigenvalue weighted by atomic mass is 10.0. The summed E-state index contributed by atoms with van der Waals surface area (Å²) in [5.74, 6) is 2.20. The van der Waals surface area contributed by atoms with Crippen molar-refractivity contribution in [1.82, 2.24) is 9.80 Å². The minimum Gasteiger partial charge on any atom is -0.497 e. The normalized spacial score (nSPS) is 15.1. The number of likely N-dealkylation sites (tertiary alicyclic amines) is 1. The van der Waals surface area contributed by atoms with Crippen LogP contribution in [0.4, 0.5) is 0 Å². The number of rotatable bonds is 11. The van der Waals surface area contributed by atoms with Gasteiger partial charge in [0.15, 0.2) is 0 Å². The molecule has 1 atom stereocenters. The average molecular weight is 487 g/mol. The van der Waals surface area contributed by atoms with Crippen LogP contribution in [0.5, 0.6) is 23.0 Å². The van der Waals surface area contributed by atoms with Crippen LogP contribution in [-0.2, 0) is 20.9 Å². The molecule has 9 heteroatoms. The Labute approximate surface area is 206 Å². The zero-order valence-electron chi connectivity index (χ0n) is 21.0. The number of amides is 1. The van der Waals surface area contributed by atoms with Crippen LogP contribution in [-0.4, -0.2) is 76.9 Å². The van der Waals surface area contributed by atoms with E-state index >= 15 is 0 Å². The van der Waals surface area contributed by atoms with Crippen molar-refractivity contribution in [2.24, 2.45) is 0 Å². The Morgan fingerprint density at radius 3 is 2.17 bits per heavy atom. The van der Waals surface area contributed by atoms with Crippen LogP contribution >= 0.6 is 0 Å². The van der Waals surface area contributed by atoms with Crippen molar-refractivity contribution in [3.05, 3.63) is 47.5 Å². The van der Waals surface area contributed by atoms with Crippen LogP contribution < -0.4 is 18.9 Å². The molecule has 0 aromatic heterocycles. The largest absolute Gasteiger partial charge is 0.497 e. The van der Waals surface area contributed by atoms with Crippen LogP contribution in [0.15, 0.2) is 36.4 Å². The van der Waals surface area contributed by atoms with Gasteiger partial charge in [0.05, 0.1) is 54.7 Å². The second kappa shape index (κ2) is 12.3. The highest BCUT2D eigenvalue weighted by atomic mass is 16.5. The zero-order valence-corrected chi connectivity index (χ0v) is 21.0. The van der Waals surface area contributed by atoms with Gasteiger partial charge >= 0.3 is 5.97 Å². The van der Waals surface area contributed by atoms with Gasteiger partial charge in [0, 0.05) is 24.7 Å². The SMILES string of the molecule is COC(=O)CN(CC(=O)N1CCCC1c1cc(OC)ccc1OC)Cc1cc(OC)cc(OC)c1. The molecule has 3 rings (SSSR count). The van der Waals surface area contributed by atoms with Crippen LogP contribution in [0, 0.1) is 0 Å². The molecule has 1 aliphatic heterocycles. The third-order valence-electron chi connectivity index (χ3n) is 6.13. The maximum atomic E-state index is 13.5. The molecule has 2 aromatic carbocycles. The summed E-state index contributed by atoms with van der Waals surface area (Å²) in [5.41, 5.74) is 1.76. The Morgan fingerprint density at radius 1 is 0.886 bits per heavy atom. The molecule has 0 aliphatic carbocycles. The number of ether oxygens (including phenoxy) is 5. The summed E-state index contributed by atoms with van der Waals surface area (Å²) in [6.07, 6.45) is 1.69. The standard InChI is InChI=1S/C26H34N2O7/c1-31-19-8-9-24(34-4)22(14-19)23-7-6-10-28(23)25(29)16-27(17-26(30)35-5)15-18-11-20(32-2)13-21(12-18)33-3/h8-9,11-14,23H,6-7,10,15-17H2,1-5H3. The van der Waals surface area contributed by atoms with E-state index in [0.717, 1.165) is 24.0 Å². The highest BCUT2D eigenvalue weighted by Crippen LogP contribution is 2.39. The van der Waals surface area contributed by atoms with E-state index in [2.05, 4.69) is 0 Å². The fourth-order valence-corrected chi connectivity index (χ4v) is 4.40. The predicted octanol–water partition coefficient (Wildman–Crippen LogP) is 3.06. The van der Waals surface area contributed by atoms with E-state index in [-0.39, 0.29) is 25.0 Å². The van der Waals surface area contributed by atoms with E-state index < -0.39 is 5.97 Å². The van der Waals surface area contributed by atoms with Crippen molar-refractivity contribution in [3.8, 4) is 23.0 Å². The first-order valence-electron chi connectivity index (χ1n) is 11.4.